The first kappa shape index (κ1) is 13.9. The highest BCUT2D eigenvalue weighted by molar-refractivity contribution is 5.98. The maximum absolute atomic E-state index is 10.9. The zero-order chi connectivity index (χ0) is 13.8. The summed E-state index contributed by atoms with van der Waals surface area (Å²) in [5, 5.41) is 7.12. The lowest BCUT2D eigenvalue weighted by atomic mass is 9.99. The van der Waals surface area contributed by atoms with Gasteiger partial charge in [0.05, 0.1) is 0 Å². The minimum absolute atomic E-state index is 0.170. The topological polar surface area (TPSA) is 67.3 Å². The van der Waals surface area contributed by atoms with Crippen LogP contribution in [0.2, 0.25) is 0 Å². The molecule has 7 heteroatoms. The van der Waals surface area contributed by atoms with Gasteiger partial charge in [-0.3, -0.25) is 9.78 Å². The first-order chi connectivity index (χ1) is 8.30. The number of allylic oxidation sites excluding steroid dienone is 1. The third-order valence-electron chi connectivity index (χ3n) is 2.00. The predicted octanol–water partition coefficient (Wildman–Crippen LogP) is 1.85. The van der Waals surface area contributed by atoms with Gasteiger partial charge in [0.1, 0.15) is 0 Å². The highest BCUT2D eigenvalue weighted by atomic mass is 19.4. The molecular formula is C11H8F3NO3. The molecule has 96 valence electrons. The molecule has 0 saturated heterocycles. The zero-order valence-corrected chi connectivity index (χ0v) is 8.94. The van der Waals surface area contributed by atoms with Crippen LogP contribution in [0.1, 0.15) is 11.1 Å². The van der Waals surface area contributed by atoms with Crippen molar-refractivity contribution in [3.8, 4) is 0 Å². The Morgan fingerprint density at radius 3 is 2.50 bits per heavy atom. The van der Waals surface area contributed by atoms with Crippen LogP contribution in [0.4, 0.5) is 13.2 Å². The van der Waals surface area contributed by atoms with E-state index in [1.54, 1.807) is 18.5 Å². The van der Waals surface area contributed by atoms with Crippen molar-refractivity contribution in [3.63, 3.8) is 0 Å². The minimum atomic E-state index is -5.08. The summed E-state index contributed by atoms with van der Waals surface area (Å²) in [7, 11) is 0. The number of carboxylic acids is 1. The molecule has 1 N–H and O–H groups in total. The van der Waals surface area contributed by atoms with E-state index in [0.717, 1.165) is 11.1 Å². The number of aliphatic carboxylic acids is 1. The van der Waals surface area contributed by atoms with E-state index in [2.05, 4.69) is 4.98 Å². The molecule has 18 heavy (non-hydrogen) atoms. The Hall–Kier alpha value is -2.18. The highest BCUT2D eigenvalue weighted by Gasteiger charge is 2.38. The quantitative estimate of drug-likeness (QED) is 0.772. The van der Waals surface area contributed by atoms with Crippen molar-refractivity contribution in [1.82, 2.24) is 4.98 Å². The molecule has 1 aromatic heterocycles. The monoisotopic (exact) mass is 259 g/mol. The molecule has 0 bridgehead atoms. The fourth-order valence-corrected chi connectivity index (χ4v) is 1.18. The van der Waals surface area contributed by atoms with Gasteiger partial charge in [-0.1, -0.05) is 0 Å². The summed E-state index contributed by atoms with van der Waals surface area (Å²) >= 11 is 0. The van der Waals surface area contributed by atoms with Gasteiger partial charge in [0, 0.05) is 18.8 Å². The number of aromatic nitrogens is 1. The Morgan fingerprint density at radius 1 is 1.33 bits per heavy atom. The maximum Gasteiger partial charge on any atom is 0.490 e. The fraction of sp³-hybridized carbons (Fsp3) is 0.182. The molecule has 2 rings (SSSR count). The van der Waals surface area contributed by atoms with Crippen molar-refractivity contribution in [1.29, 1.82) is 0 Å². The Balaban J connectivity index is 0.000000203. The average molecular weight is 259 g/mol. The summed E-state index contributed by atoms with van der Waals surface area (Å²) in [6, 6.07) is 1.89. The van der Waals surface area contributed by atoms with E-state index >= 15 is 0 Å². The van der Waals surface area contributed by atoms with E-state index in [0.29, 0.717) is 6.42 Å². The van der Waals surface area contributed by atoms with E-state index in [-0.39, 0.29) is 5.78 Å². The van der Waals surface area contributed by atoms with Gasteiger partial charge < -0.3 is 5.11 Å². The number of carboxylic acid groups (broad SMARTS) is 1. The number of nitrogens with zero attached hydrogens (tertiary/aromatic N) is 1. The van der Waals surface area contributed by atoms with Gasteiger partial charge in [-0.2, -0.15) is 13.2 Å². The summed E-state index contributed by atoms with van der Waals surface area (Å²) in [6.07, 6.45) is 2.34. The van der Waals surface area contributed by atoms with Gasteiger partial charge in [-0.15, -0.1) is 0 Å². The van der Waals surface area contributed by atoms with Gasteiger partial charge in [0.25, 0.3) is 0 Å². The summed E-state index contributed by atoms with van der Waals surface area (Å²) in [5.41, 5.74) is 2.14. The SMILES string of the molecule is O=C(O)C(F)(F)F.O=C1C=Cc2cnccc2C1. The number of alkyl halides is 3. The smallest absolute Gasteiger partial charge is 0.475 e. The van der Waals surface area contributed by atoms with Crippen molar-refractivity contribution in [2.75, 3.05) is 0 Å². The molecule has 0 spiro atoms. The number of hydrogen-bond donors (Lipinski definition) is 1. The fourth-order valence-electron chi connectivity index (χ4n) is 1.18. The van der Waals surface area contributed by atoms with Gasteiger partial charge >= 0.3 is 12.1 Å². The summed E-state index contributed by atoms with van der Waals surface area (Å²) in [5.74, 6) is -2.59. The second kappa shape index (κ2) is 5.44. The number of fused-ring (bicyclic) bond motifs is 1. The normalized spacial score (nSPS) is 13.4. The van der Waals surface area contributed by atoms with E-state index < -0.39 is 12.1 Å². The Labute approximate surface area is 99.8 Å². The van der Waals surface area contributed by atoms with Crippen LogP contribution in [-0.2, 0) is 16.0 Å². The average Bonchev–Trinajstić information content (AvgIpc) is 2.28. The van der Waals surface area contributed by atoms with Crippen molar-refractivity contribution in [3.05, 3.63) is 35.7 Å². The van der Waals surface area contributed by atoms with E-state index in [1.165, 1.54) is 0 Å². The van der Waals surface area contributed by atoms with E-state index in [1.807, 2.05) is 12.1 Å². The van der Waals surface area contributed by atoms with Crippen molar-refractivity contribution < 1.29 is 27.9 Å². The number of carbonyl (C=O) groups excluding carboxylic acids is 1. The molecule has 0 aliphatic heterocycles. The largest absolute Gasteiger partial charge is 0.490 e. The van der Waals surface area contributed by atoms with Crippen molar-refractivity contribution >= 4 is 17.8 Å². The number of rotatable bonds is 0. The van der Waals surface area contributed by atoms with Crippen LogP contribution in [0.5, 0.6) is 0 Å². The molecule has 4 nitrogen and oxygen atoms in total. The second-order valence-corrected chi connectivity index (χ2v) is 3.35. The Kier molecular flexibility index (Phi) is 4.19. The van der Waals surface area contributed by atoms with E-state index in [4.69, 9.17) is 9.90 Å². The van der Waals surface area contributed by atoms with Crippen molar-refractivity contribution in [2.45, 2.75) is 12.6 Å². The van der Waals surface area contributed by atoms with Gasteiger partial charge in [0.15, 0.2) is 5.78 Å². The third kappa shape index (κ3) is 4.00. The molecule has 0 saturated carbocycles. The second-order valence-electron chi connectivity index (χ2n) is 3.35. The molecule has 0 unspecified atom stereocenters. The summed E-state index contributed by atoms with van der Waals surface area (Å²) in [4.78, 5) is 23.8. The van der Waals surface area contributed by atoms with Crippen molar-refractivity contribution in [2.24, 2.45) is 0 Å². The number of hydrogen-bond acceptors (Lipinski definition) is 3. The van der Waals surface area contributed by atoms with Crippen LogP contribution < -0.4 is 0 Å². The lowest BCUT2D eigenvalue weighted by Gasteiger charge is -2.06. The standard InChI is InChI=1S/C9H7NO.C2HF3O2/c11-9-2-1-8-6-10-4-3-7(8)5-9;3-2(4,5)1(6)7/h1-4,6H,5H2;(H,6,7). The van der Waals surface area contributed by atoms with Gasteiger partial charge in [0.2, 0.25) is 0 Å². The van der Waals surface area contributed by atoms with E-state index in [9.17, 15) is 18.0 Å². The minimum Gasteiger partial charge on any atom is -0.475 e. The van der Waals surface area contributed by atoms with Crippen LogP contribution in [0.3, 0.4) is 0 Å². The summed E-state index contributed by atoms with van der Waals surface area (Å²) in [6.45, 7) is 0. The molecule has 1 aliphatic carbocycles. The maximum atomic E-state index is 10.9. The molecular weight excluding hydrogens is 251 g/mol. The third-order valence-corrected chi connectivity index (χ3v) is 2.00. The highest BCUT2D eigenvalue weighted by Crippen LogP contribution is 2.14. The molecule has 0 aromatic carbocycles. The molecule has 0 atom stereocenters. The molecule has 0 radical (unpaired) electrons. The predicted molar refractivity (Wildman–Crippen MR) is 55.7 cm³/mol. The Bertz CT molecular complexity index is 495. The zero-order valence-electron chi connectivity index (χ0n) is 8.94. The lowest BCUT2D eigenvalue weighted by Crippen LogP contribution is -2.21. The van der Waals surface area contributed by atoms with Crippen LogP contribution >= 0.6 is 0 Å². The molecule has 0 fully saturated rings. The molecule has 1 aromatic rings. The molecule has 1 aliphatic rings. The number of ketones is 1. The first-order valence-corrected chi connectivity index (χ1v) is 4.74. The van der Waals surface area contributed by atoms with Crippen LogP contribution in [-0.4, -0.2) is 28.0 Å². The van der Waals surface area contributed by atoms with Crippen LogP contribution in [0, 0.1) is 0 Å². The number of carbonyl (C=O) groups is 2. The number of halogens is 3. The lowest BCUT2D eigenvalue weighted by molar-refractivity contribution is -0.192. The molecule has 1 heterocycles. The molecule has 0 amide bonds. The first-order valence-electron chi connectivity index (χ1n) is 4.74. The van der Waals surface area contributed by atoms with Gasteiger partial charge in [-0.05, 0) is 29.3 Å². The van der Waals surface area contributed by atoms with Gasteiger partial charge in [-0.25, -0.2) is 4.79 Å². The Morgan fingerprint density at radius 2 is 1.94 bits per heavy atom. The summed E-state index contributed by atoms with van der Waals surface area (Å²) < 4.78 is 31.7. The number of pyridine rings is 1. The van der Waals surface area contributed by atoms with Crippen LogP contribution in [0.25, 0.3) is 6.08 Å². The van der Waals surface area contributed by atoms with Crippen LogP contribution in [0.15, 0.2) is 24.5 Å².